The second-order valence-corrected chi connectivity index (χ2v) is 9.60. The summed E-state index contributed by atoms with van der Waals surface area (Å²) in [6.07, 6.45) is 0. The molecule has 0 spiro atoms. The Morgan fingerprint density at radius 3 is 1.71 bits per heavy atom. The normalized spacial score (nSPS) is 13.1. The molecule has 0 aliphatic carbocycles. The molecule has 17 heavy (non-hydrogen) atoms. The van der Waals surface area contributed by atoms with Gasteiger partial charge >= 0.3 is 0 Å². The van der Waals surface area contributed by atoms with Crippen molar-refractivity contribution in [2.24, 2.45) is 0 Å². The van der Waals surface area contributed by atoms with Crippen LogP contribution < -0.4 is 0 Å². The predicted octanol–water partition coefficient (Wildman–Crippen LogP) is 5.17. The first kappa shape index (κ1) is 14.6. The van der Waals surface area contributed by atoms with Crippen LogP contribution >= 0.6 is 10.0 Å². The van der Waals surface area contributed by atoms with Crippen LogP contribution in [0.25, 0.3) is 0 Å². The molecule has 0 aliphatic rings. The Morgan fingerprint density at radius 1 is 0.882 bits per heavy atom. The SMILES string of the molecule is CCS(CC)(CC)Cc1ccc(C(C)C)cc1. The van der Waals surface area contributed by atoms with Crippen molar-refractivity contribution in [3.05, 3.63) is 35.4 Å². The van der Waals surface area contributed by atoms with Crippen molar-refractivity contribution in [1.29, 1.82) is 0 Å². The molecule has 0 nitrogen and oxygen atoms in total. The molecular weight excluding hydrogens is 224 g/mol. The van der Waals surface area contributed by atoms with E-state index in [1.807, 2.05) is 0 Å². The van der Waals surface area contributed by atoms with E-state index >= 15 is 0 Å². The van der Waals surface area contributed by atoms with E-state index in [1.54, 1.807) is 0 Å². The minimum atomic E-state index is -0.396. The highest BCUT2D eigenvalue weighted by Gasteiger charge is 2.17. The van der Waals surface area contributed by atoms with Gasteiger partial charge in [0.2, 0.25) is 0 Å². The van der Waals surface area contributed by atoms with Crippen molar-refractivity contribution in [2.45, 2.75) is 46.3 Å². The van der Waals surface area contributed by atoms with Crippen LogP contribution in [0.5, 0.6) is 0 Å². The van der Waals surface area contributed by atoms with Gasteiger partial charge in [-0.2, -0.15) is 0 Å². The lowest BCUT2D eigenvalue weighted by Gasteiger charge is -2.37. The van der Waals surface area contributed by atoms with Crippen LogP contribution in [0.15, 0.2) is 24.3 Å². The third kappa shape index (κ3) is 3.77. The van der Waals surface area contributed by atoms with E-state index in [1.165, 1.54) is 34.1 Å². The summed E-state index contributed by atoms with van der Waals surface area (Å²) in [5.41, 5.74) is 2.99. The minimum Gasteiger partial charge on any atom is -0.238 e. The molecule has 0 saturated carbocycles. The van der Waals surface area contributed by atoms with E-state index in [0.29, 0.717) is 5.92 Å². The van der Waals surface area contributed by atoms with Gasteiger partial charge in [0, 0.05) is 5.75 Å². The monoisotopic (exact) mass is 252 g/mol. The van der Waals surface area contributed by atoms with Gasteiger partial charge in [0.1, 0.15) is 0 Å². The van der Waals surface area contributed by atoms with Crippen LogP contribution in [0.3, 0.4) is 0 Å². The third-order valence-electron chi connectivity index (χ3n) is 3.96. The zero-order valence-corrected chi connectivity index (χ0v) is 12.9. The fourth-order valence-electron chi connectivity index (χ4n) is 2.27. The first-order valence-corrected chi connectivity index (χ1v) is 9.20. The van der Waals surface area contributed by atoms with Crippen molar-refractivity contribution in [3.63, 3.8) is 0 Å². The van der Waals surface area contributed by atoms with Gasteiger partial charge in [0.05, 0.1) is 0 Å². The first-order valence-electron chi connectivity index (χ1n) is 6.89. The number of rotatable bonds is 6. The van der Waals surface area contributed by atoms with Crippen molar-refractivity contribution in [2.75, 3.05) is 17.3 Å². The van der Waals surface area contributed by atoms with Crippen LogP contribution in [-0.2, 0) is 5.75 Å². The first-order chi connectivity index (χ1) is 8.06. The highest BCUT2D eigenvalue weighted by molar-refractivity contribution is 8.33. The van der Waals surface area contributed by atoms with Crippen LogP contribution in [0, 0.1) is 0 Å². The van der Waals surface area contributed by atoms with Gasteiger partial charge in [-0.25, -0.2) is 10.0 Å². The molecule has 0 amide bonds. The summed E-state index contributed by atoms with van der Waals surface area (Å²) < 4.78 is 0. The molecule has 1 aromatic rings. The van der Waals surface area contributed by atoms with Crippen molar-refractivity contribution >= 4 is 10.0 Å². The molecule has 0 N–H and O–H groups in total. The molecular formula is C16H28S. The van der Waals surface area contributed by atoms with Gasteiger partial charge in [-0.15, -0.1) is 0 Å². The molecule has 0 unspecified atom stereocenters. The van der Waals surface area contributed by atoms with Crippen LogP contribution in [0.1, 0.15) is 51.7 Å². The average Bonchev–Trinajstić information content (AvgIpc) is 2.37. The Labute approximate surface area is 109 Å². The van der Waals surface area contributed by atoms with Gasteiger partial charge < -0.3 is 0 Å². The van der Waals surface area contributed by atoms with E-state index in [0.717, 1.165) is 0 Å². The standard InChI is InChI=1S/C16H28S/c1-6-17(7-2,8-3)13-15-9-11-16(12-10-15)14(4)5/h9-12,14H,6-8,13H2,1-5H3. The largest absolute Gasteiger partial charge is 0.238 e. The van der Waals surface area contributed by atoms with Crippen LogP contribution in [0.4, 0.5) is 0 Å². The average molecular weight is 252 g/mol. The Balaban J connectivity index is 2.80. The van der Waals surface area contributed by atoms with E-state index in [4.69, 9.17) is 0 Å². The third-order valence-corrected chi connectivity index (χ3v) is 8.58. The Bertz CT molecular complexity index is 312. The molecule has 0 fully saturated rings. The lowest BCUT2D eigenvalue weighted by atomic mass is 10.0. The van der Waals surface area contributed by atoms with Crippen molar-refractivity contribution in [1.82, 2.24) is 0 Å². The summed E-state index contributed by atoms with van der Waals surface area (Å²) in [4.78, 5) is 0. The smallest absolute Gasteiger partial charge is 0.00249 e. The maximum absolute atomic E-state index is 2.37. The van der Waals surface area contributed by atoms with Gasteiger partial charge in [0.25, 0.3) is 0 Å². The summed E-state index contributed by atoms with van der Waals surface area (Å²) in [6.45, 7) is 11.6. The van der Waals surface area contributed by atoms with E-state index in [2.05, 4.69) is 58.9 Å². The highest BCUT2D eigenvalue weighted by Crippen LogP contribution is 2.49. The summed E-state index contributed by atoms with van der Waals surface area (Å²) >= 11 is 0. The maximum Gasteiger partial charge on any atom is 0.00249 e. The molecule has 1 aromatic carbocycles. The molecule has 98 valence electrons. The van der Waals surface area contributed by atoms with E-state index in [-0.39, 0.29) is 0 Å². The highest BCUT2D eigenvalue weighted by atomic mass is 32.3. The molecule has 0 aliphatic heterocycles. The molecule has 0 atom stereocenters. The number of hydrogen-bond donors (Lipinski definition) is 0. The van der Waals surface area contributed by atoms with Crippen LogP contribution in [0.2, 0.25) is 0 Å². The number of hydrogen-bond acceptors (Lipinski definition) is 0. The lowest BCUT2D eigenvalue weighted by molar-refractivity contribution is 0.866. The Hall–Kier alpha value is -0.430. The topological polar surface area (TPSA) is 0 Å². The summed E-state index contributed by atoms with van der Waals surface area (Å²) in [6, 6.07) is 9.31. The zero-order chi connectivity index (χ0) is 12.9. The Kier molecular flexibility index (Phi) is 5.58. The molecule has 1 rings (SSSR count). The lowest BCUT2D eigenvalue weighted by Crippen LogP contribution is -2.11. The number of benzene rings is 1. The molecule has 0 saturated heterocycles. The minimum absolute atomic E-state index is 0.396. The maximum atomic E-state index is 2.37. The fourth-order valence-corrected chi connectivity index (χ4v) is 5.01. The van der Waals surface area contributed by atoms with Crippen molar-refractivity contribution < 1.29 is 0 Å². The van der Waals surface area contributed by atoms with Gasteiger partial charge in [-0.05, 0) is 34.3 Å². The quantitative estimate of drug-likeness (QED) is 0.655. The van der Waals surface area contributed by atoms with Crippen molar-refractivity contribution in [3.8, 4) is 0 Å². The second kappa shape index (κ2) is 6.49. The van der Waals surface area contributed by atoms with Gasteiger partial charge in [0.15, 0.2) is 0 Å². The van der Waals surface area contributed by atoms with Crippen LogP contribution in [-0.4, -0.2) is 17.3 Å². The van der Waals surface area contributed by atoms with E-state index in [9.17, 15) is 0 Å². The summed E-state index contributed by atoms with van der Waals surface area (Å²) in [7, 11) is -0.396. The molecule has 0 aromatic heterocycles. The molecule has 0 radical (unpaired) electrons. The fraction of sp³-hybridized carbons (Fsp3) is 0.625. The van der Waals surface area contributed by atoms with Gasteiger partial charge in [-0.1, -0.05) is 58.9 Å². The molecule has 1 heteroatoms. The predicted molar refractivity (Wildman–Crippen MR) is 83.4 cm³/mol. The molecule has 0 heterocycles. The second-order valence-electron chi connectivity index (χ2n) is 5.13. The molecule has 0 bridgehead atoms. The van der Waals surface area contributed by atoms with E-state index < -0.39 is 10.0 Å². The zero-order valence-electron chi connectivity index (χ0n) is 12.1. The Morgan fingerprint density at radius 2 is 1.35 bits per heavy atom. The van der Waals surface area contributed by atoms with Gasteiger partial charge in [-0.3, -0.25) is 0 Å². The summed E-state index contributed by atoms with van der Waals surface area (Å²) in [5.74, 6) is 6.06. The summed E-state index contributed by atoms with van der Waals surface area (Å²) in [5, 5.41) is 0.